The maximum Gasteiger partial charge on any atom is 0.408 e. The highest BCUT2D eigenvalue weighted by Gasteiger charge is 2.38. The largest absolute Gasteiger partial charge is 0.443 e. The lowest BCUT2D eigenvalue weighted by Gasteiger charge is -2.38. The molecular weight excluding hydrogens is 404 g/mol. The smallest absolute Gasteiger partial charge is 0.408 e. The second-order valence-corrected chi connectivity index (χ2v) is 9.75. The summed E-state index contributed by atoms with van der Waals surface area (Å²) in [6.45, 7) is 12.3. The number of carbonyl (C=O) groups is 2. The number of hydrogen-bond acceptors (Lipinski definition) is 7. The third kappa shape index (κ3) is 8.12. The molecule has 0 bridgehead atoms. The van der Waals surface area contributed by atoms with E-state index in [0.717, 1.165) is 12.8 Å². The van der Waals surface area contributed by atoms with E-state index >= 15 is 0 Å². The third-order valence-electron chi connectivity index (χ3n) is 5.78. The molecule has 31 heavy (non-hydrogen) atoms. The fourth-order valence-electron chi connectivity index (χ4n) is 4.49. The molecule has 9 nitrogen and oxygen atoms in total. The minimum absolute atomic E-state index is 0.0463. The summed E-state index contributed by atoms with van der Waals surface area (Å²) in [4.78, 5) is 25.0. The van der Waals surface area contributed by atoms with Crippen LogP contribution in [0.4, 0.5) is 9.59 Å². The topological polar surface area (TPSA) is 104 Å². The van der Waals surface area contributed by atoms with E-state index in [1.165, 1.54) is 0 Å². The van der Waals surface area contributed by atoms with Crippen LogP contribution in [-0.2, 0) is 23.7 Å². The average molecular weight is 445 g/mol. The summed E-state index contributed by atoms with van der Waals surface area (Å²) in [5.41, 5.74) is -1.71. The summed E-state index contributed by atoms with van der Waals surface area (Å²) >= 11 is 0. The summed E-state index contributed by atoms with van der Waals surface area (Å²) in [6.07, 6.45) is 1.39. The Morgan fingerprint density at radius 2 is 1.48 bits per heavy atom. The molecular formula is C22H40N2O7. The normalized spacial score (nSPS) is 29.7. The maximum atomic E-state index is 12.6. The summed E-state index contributed by atoms with van der Waals surface area (Å²) in [6, 6.07) is -0.364. The van der Waals surface area contributed by atoms with Crippen molar-refractivity contribution < 1.29 is 33.3 Å². The highest BCUT2D eigenvalue weighted by Crippen LogP contribution is 2.27. The molecule has 2 fully saturated rings. The fraction of sp³-hybridized carbons (Fsp3) is 0.909. The number of ether oxygens (including phenoxy) is 5. The molecule has 5 atom stereocenters. The lowest BCUT2D eigenvalue weighted by atomic mass is 9.92. The van der Waals surface area contributed by atoms with Gasteiger partial charge in [-0.25, -0.2) is 9.59 Å². The van der Waals surface area contributed by atoms with Gasteiger partial charge in [-0.15, -0.1) is 0 Å². The molecule has 0 radical (unpaired) electrons. The Kier molecular flexibility index (Phi) is 8.97. The first-order valence-corrected chi connectivity index (χ1v) is 11.2. The van der Waals surface area contributed by atoms with Crippen molar-refractivity contribution in [2.45, 2.75) is 109 Å². The van der Waals surface area contributed by atoms with Crippen LogP contribution in [0.3, 0.4) is 0 Å². The Hall–Kier alpha value is -1.58. The second kappa shape index (κ2) is 10.8. The van der Waals surface area contributed by atoms with Gasteiger partial charge in [0.05, 0.1) is 30.4 Å². The molecule has 0 aromatic carbocycles. The van der Waals surface area contributed by atoms with E-state index in [2.05, 4.69) is 10.6 Å². The number of nitrogens with one attached hydrogen (secondary N) is 2. The Morgan fingerprint density at radius 3 is 2.06 bits per heavy atom. The molecule has 180 valence electrons. The van der Waals surface area contributed by atoms with Crippen molar-refractivity contribution in [1.29, 1.82) is 0 Å². The maximum absolute atomic E-state index is 12.6. The molecule has 0 spiro atoms. The van der Waals surface area contributed by atoms with Crippen LogP contribution >= 0.6 is 0 Å². The zero-order chi connectivity index (χ0) is 23.2. The predicted octanol–water partition coefficient (Wildman–Crippen LogP) is 3.15. The second-order valence-electron chi connectivity index (χ2n) is 9.75. The molecule has 2 rings (SSSR count). The minimum Gasteiger partial charge on any atom is -0.443 e. The zero-order valence-electron chi connectivity index (χ0n) is 20.0. The number of hydrogen-bond donors (Lipinski definition) is 2. The van der Waals surface area contributed by atoms with Crippen molar-refractivity contribution in [2.75, 3.05) is 20.3 Å². The van der Waals surface area contributed by atoms with Crippen LogP contribution in [-0.4, -0.2) is 74.1 Å². The van der Waals surface area contributed by atoms with E-state index in [1.807, 2.05) is 13.8 Å². The predicted molar refractivity (Wildman–Crippen MR) is 115 cm³/mol. The quantitative estimate of drug-likeness (QED) is 0.621. The Morgan fingerprint density at radius 1 is 0.903 bits per heavy atom. The highest BCUT2D eigenvalue weighted by molar-refractivity contribution is 5.69. The van der Waals surface area contributed by atoms with E-state index in [0.29, 0.717) is 26.1 Å². The van der Waals surface area contributed by atoms with Crippen molar-refractivity contribution in [3.63, 3.8) is 0 Å². The van der Waals surface area contributed by atoms with Gasteiger partial charge in [0.1, 0.15) is 11.2 Å². The zero-order valence-corrected chi connectivity index (χ0v) is 20.0. The lowest BCUT2D eigenvalue weighted by Crippen LogP contribution is -2.55. The van der Waals surface area contributed by atoms with Crippen LogP contribution in [0.5, 0.6) is 0 Å². The molecule has 2 amide bonds. The van der Waals surface area contributed by atoms with E-state index in [-0.39, 0.29) is 30.4 Å². The summed E-state index contributed by atoms with van der Waals surface area (Å²) < 4.78 is 28.0. The Labute approximate surface area is 185 Å². The van der Waals surface area contributed by atoms with Gasteiger partial charge in [-0.1, -0.05) is 0 Å². The van der Waals surface area contributed by atoms with Gasteiger partial charge < -0.3 is 34.3 Å². The summed E-state index contributed by atoms with van der Waals surface area (Å²) in [7, 11) is 1.62. The number of carbonyl (C=O) groups excluding carboxylic acids is 2. The van der Waals surface area contributed by atoms with Crippen LogP contribution in [0, 0.1) is 0 Å². The minimum atomic E-state index is -0.865. The molecule has 0 aromatic rings. The van der Waals surface area contributed by atoms with Gasteiger partial charge in [0.2, 0.25) is 0 Å². The van der Waals surface area contributed by atoms with Crippen molar-refractivity contribution in [2.24, 2.45) is 0 Å². The molecule has 2 aliphatic heterocycles. The van der Waals surface area contributed by atoms with Crippen LogP contribution in [0.1, 0.15) is 67.2 Å². The van der Waals surface area contributed by atoms with Crippen LogP contribution in [0.2, 0.25) is 0 Å². The molecule has 0 saturated carbocycles. The van der Waals surface area contributed by atoms with Crippen molar-refractivity contribution >= 4 is 12.2 Å². The third-order valence-corrected chi connectivity index (χ3v) is 5.78. The molecule has 0 aliphatic carbocycles. The summed E-state index contributed by atoms with van der Waals surface area (Å²) in [5, 5.41) is 5.75. The van der Waals surface area contributed by atoms with Gasteiger partial charge in [0, 0.05) is 26.7 Å². The molecule has 2 N–H and O–H groups in total. The molecule has 2 aliphatic rings. The monoisotopic (exact) mass is 444 g/mol. The van der Waals surface area contributed by atoms with E-state index < -0.39 is 23.4 Å². The first-order chi connectivity index (χ1) is 14.4. The van der Waals surface area contributed by atoms with Crippen LogP contribution in [0.25, 0.3) is 0 Å². The number of amides is 2. The first kappa shape index (κ1) is 25.7. The first-order valence-electron chi connectivity index (χ1n) is 11.2. The SMILES string of the molecule is CO[C@H]1CCO[C@@H](C)[C@H]1NC(=O)OC(C)(C)CC(C)(C)OC(=O)N[C@H]1CCCO[C@H]1C. The fourth-order valence-corrected chi connectivity index (χ4v) is 4.49. The van der Waals surface area contributed by atoms with Gasteiger partial charge in [-0.3, -0.25) is 0 Å². The molecule has 0 aromatic heterocycles. The van der Waals surface area contributed by atoms with E-state index in [9.17, 15) is 9.59 Å². The van der Waals surface area contributed by atoms with Crippen molar-refractivity contribution in [1.82, 2.24) is 10.6 Å². The number of alkyl carbamates (subject to hydrolysis) is 2. The van der Waals surface area contributed by atoms with Crippen LogP contribution in [0.15, 0.2) is 0 Å². The van der Waals surface area contributed by atoms with Crippen molar-refractivity contribution in [3.05, 3.63) is 0 Å². The average Bonchev–Trinajstić information content (AvgIpc) is 2.63. The Balaban J connectivity index is 1.86. The van der Waals surface area contributed by atoms with E-state index in [4.69, 9.17) is 23.7 Å². The molecule has 9 heteroatoms. The standard InChI is InChI=1S/C22H40N2O7/c1-14-16(9-8-11-28-14)23-19(25)30-21(3,4)13-22(5,6)31-20(26)24-18-15(2)29-12-10-17(18)27-7/h14-18H,8-13H2,1-7H3,(H,23,25)(H,24,26)/t14-,15-,16-,17-,18+/m0/s1. The van der Waals surface area contributed by atoms with Gasteiger partial charge >= 0.3 is 12.2 Å². The summed E-state index contributed by atoms with van der Waals surface area (Å²) in [5.74, 6) is 0. The molecule has 0 unspecified atom stereocenters. The number of methoxy groups -OCH3 is 1. The van der Waals surface area contributed by atoms with Gasteiger partial charge in [0.15, 0.2) is 0 Å². The molecule has 2 saturated heterocycles. The Bertz CT molecular complexity index is 611. The number of rotatable bonds is 7. The van der Waals surface area contributed by atoms with Gasteiger partial charge in [0.25, 0.3) is 0 Å². The lowest BCUT2D eigenvalue weighted by molar-refractivity contribution is -0.0822. The molecule has 2 heterocycles. The van der Waals surface area contributed by atoms with Gasteiger partial charge in [-0.2, -0.15) is 0 Å². The van der Waals surface area contributed by atoms with E-state index in [1.54, 1.807) is 34.8 Å². The van der Waals surface area contributed by atoms with Crippen LogP contribution < -0.4 is 10.6 Å². The van der Waals surface area contributed by atoms with Gasteiger partial charge in [-0.05, 0) is 60.8 Å². The highest BCUT2D eigenvalue weighted by atomic mass is 16.6. The van der Waals surface area contributed by atoms with Crippen molar-refractivity contribution in [3.8, 4) is 0 Å².